The lowest BCUT2D eigenvalue weighted by Crippen LogP contribution is -2.41. The van der Waals surface area contributed by atoms with E-state index < -0.39 is 0 Å². The summed E-state index contributed by atoms with van der Waals surface area (Å²) in [7, 11) is 0. The summed E-state index contributed by atoms with van der Waals surface area (Å²) in [5.74, 6) is -0.368. The van der Waals surface area contributed by atoms with E-state index in [4.69, 9.17) is 26.2 Å². The van der Waals surface area contributed by atoms with Crippen LogP contribution in [0.2, 0.25) is 5.02 Å². The predicted octanol–water partition coefficient (Wildman–Crippen LogP) is 3.67. The molecule has 1 amide bonds. The summed E-state index contributed by atoms with van der Waals surface area (Å²) in [5, 5.41) is 8.50. The molecule has 0 radical (unpaired) electrons. The van der Waals surface area contributed by atoms with E-state index in [1.54, 1.807) is 24.3 Å². The maximum Gasteiger partial charge on any atom is 0.338 e. The van der Waals surface area contributed by atoms with Gasteiger partial charge in [0.15, 0.2) is 0 Å². The maximum atomic E-state index is 12.9. The lowest BCUT2D eigenvalue weighted by Gasteiger charge is -2.36. The van der Waals surface area contributed by atoms with E-state index in [0.717, 1.165) is 49.4 Å². The molecule has 8 heteroatoms. The summed E-state index contributed by atoms with van der Waals surface area (Å²) in [4.78, 5) is 25.3. The molecule has 172 valence electrons. The highest BCUT2D eigenvalue weighted by Crippen LogP contribution is 2.37. The van der Waals surface area contributed by atoms with Crippen LogP contribution in [0.1, 0.15) is 58.8 Å². The molecular formula is C24H30ClN3O4. The van der Waals surface area contributed by atoms with Crippen LogP contribution in [0.3, 0.4) is 0 Å². The van der Waals surface area contributed by atoms with Gasteiger partial charge in [-0.1, -0.05) is 25.4 Å². The topological polar surface area (TPSA) is 82.5 Å². The largest absolute Gasteiger partial charge is 0.462 e. The molecular weight excluding hydrogens is 430 g/mol. The Morgan fingerprint density at radius 2 is 2.03 bits per heavy atom. The number of hydrogen-bond acceptors (Lipinski definition) is 5. The Morgan fingerprint density at radius 1 is 1.31 bits per heavy atom. The van der Waals surface area contributed by atoms with E-state index in [-0.39, 0.29) is 29.8 Å². The van der Waals surface area contributed by atoms with Crippen molar-refractivity contribution in [1.29, 1.82) is 0 Å². The van der Waals surface area contributed by atoms with E-state index in [9.17, 15) is 9.59 Å². The number of benzene rings is 1. The number of fused-ring (bicyclic) bond motifs is 1. The second kappa shape index (κ2) is 9.63. The molecule has 0 saturated carbocycles. The van der Waals surface area contributed by atoms with Crippen molar-refractivity contribution in [2.45, 2.75) is 46.1 Å². The zero-order valence-electron chi connectivity index (χ0n) is 18.7. The lowest BCUT2D eigenvalue weighted by atomic mass is 9.76. The van der Waals surface area contributed by atoms with Gasteiger partial charge >= 0.3 is 5.97 Å². The fourth-order valence-corrected chi connectivity index (χ4v) is 4.68. The van der Waals surface area contributed by atoms with E-state index >= 15 is 0 Å². The molecule has 0 unspecified atom stereocenters. The molecule has 2 aromatic rings. The summed E-state index contributed by atoms with van der Waals surface area (Å²) in [6.07, 6.45) is 3.34. The molecule has 3 heterocycles. The number of carbonyl (C=O) groups is 2. The molecule has 2 aliphatic rings. The van der Waals surface area contributed by atoms with Crippen molar-refractivity contribution in [3.05, 3.63) is 51.8 Å². The second-order valence-corrected chi connectivity index (χ2v) is 9.42. The quantitative estimate of drug-likeness (QED) is 0.666. The molecule has 7 nitrogen and oxygen atoms in total. The van der Waals surface area contributed by atoms with Crippen molar-refractivity contribution >= 4 is 23.5 Å². The van der Waals surface area contributed by atoms with Gasteiger partial charge in [-0.3, -0.25) is 9.48 Å². The van der Waals surface area contributed by atoms with Crippen molar-refractivity contribution in [2.75, 3.05) is 26.4 Å². The average molecular weight is 460 g/mol. The molecule has 2 aliphatic heterocycles. The van der Waals surface area contributed by atoms with Gasteiger partial charge in [0.1, 0.15) is 0 Å². The van der Waals surface area contributed by atoms with Crippen LogP contribution in [0.4, 0.5) is 0 Å². The number of ether oxygens (including phenoxy) is 2. The van der Waals surface area contributed by atoms with E-state index in [1.165, 1.54) is 0 Å². The molecule has 1 aromatic carbocycles. The Morgan fingerprint density at radius 3 is 2.72 bits per heavy atom. The third-order valence-corrected chi connectivity index (χ3v) is 6.73. The fraction of sp³-hybridized carbons (Fsp3) is 0.542. The molecule has 1 saturated heterocycles. The summed E-state index contributed by atoms with van der Waals surface area (Å²) in [5.41, 5.74) is 3.02. The van der Waals surface area contributed by atoms with Gasteiger partial charge in [0, 0.05) is 37.2 Å². The summed E-state index contributed by atoms with van der Waals surface area (Å²) in [6.45, 7) is 7.00. The monoisotopic (exact) mass is 459 g/mol. The Labute approximate surface area is 193 Å². The number of nitrogens with one attached hydrogen (secondary N) is 1. The number of amides is 1. The van der Waals surface area contributed by atoms with Crippen LogP contribution in [-0.4, -0.2) is 48.0 Å². The number of rotatable bonds is 6. The first-order valence-electron chi connectivity index (χ1n) is 11.3. The summed E-state index contributed by atoms with van der Waals surface area (Å²) in [6, 6.07) is 6.65. The number of hydrogen-bond donors (Lipinski definition) is 1. The van der Waals surface area contributed by atoms with Crippen LogP contribution in [0.25, 0.3) is 0 Å². The molecule has 4 rings (SSSR count). The number of aromatic nitrogens is 2. The standard InChI is InChI=1S/C24H30ClN3O4/c1-3-19-21-20(12-24(15-26-22(21)29)8-10-31-11-9-24)28(27-19)13-16(2)14-32-23(30)17-4-6-18(25)7-5-17/h4-7,16H,3,8-15H2,1-2H3,(H,26,29)/t16-/m0/s1. The molecule has 0 bridgehead atoms. The summed E-state index contributed by atoms with van der Waals surface area (Å²) < 4.78 is 13.1. The Kier molecular flexibility index (Phi) is 6.86. The first-order chi connectivity index (χ1) is 15.4. The highest BCUT2D eigenvalue weighted by Gasteiger charge is 2.39. The van der Waals surface area contributed by atoms with Crippen molar-refractivity contribution in [3.8, 4) is 0 Å². The SMILES string of the molecule is CCc1nn(C[C@H](C)COC(=O)c2ccc(Cl)cc2)c2c1C(=O)NCC1(CCOCC1)C2. The molecule has 1 N–H and O–H groups in total. The number of halogens is 1. The minimum atomic E-state index is -0.373. The first kappa shape index (κ1) is 22.8. The van der Waals surface area contributed by atoms with Crippen LogP contribution in [0.5, 0.6) is 0 Å². The molecule has 1 aromatic heterocycles. The molecule has 1 atom stereocenters. The zero-order valence-corrected chi connectivity index (χ0v) is 19.4. The molecule has 1 fully saturated rings. The minimum absolute atomic E-state index is 0.00619. The number of carbonyl (C=O) groups excluding carboxylic acids is 2. The fourth-order valence-electron chi connectivity index (χ4n) is 4.56. The number of aryl methyl sites for hydroxylation is 1. The number of esters is 1. The van der Waals surface area contributed by atoms with E-state index in [1.807, 2.05) is 18.5 Å². The van der Waals surface area contributed by atoms with Gasteiger partial charge in [0.2, 0.25) is 0 Å². The Bertz CT molecular complexity index is 980. The highest BCUT2D eigenvalue weighted by molar-refractivity contribution is 6.30. The second-order valence-electron chi connectivity index (χ2n) is 8.99. The normalized spacial score (nSPS) is 18.5. The van der Waals surface area contributed by atoms with Gasteiger partial charge in [-0.15, -0.1) is 0 Å². The molecule has 32 heavy (non-hydrogen) atoms. The van der Waals surface area contributed by atoms with Gasteiger partial charge in [-0.25, -0.2) is 4.79 Å². The van der Waals surface area contributed by atoms with Crippen LogP contribution < -0.4 is 5.32 Å². The predicted molar refractivity (Wildman–Crippen MR) is 121 cm³/mol. The van der Waals surface area contributed by atoms with Crippen LogP contribution in [-0.2, 0) is 28.9 Å². The first-order valence-corrected chi connectivity index (χ1v) is 11.7. The Hall–Kier alpha value is -2.38. The Balaban J connectivity index is 1.49. The van der Waals surface area contributed by atoms with E-state index in [2.05, 4.69) is 5.32 Å². The average Bonchev–Trinajstić information content (AvgIpc) is 3.06. The highest BCUT2D eigenvalue weighted by atomic mass is 35.5. The van der Waals surface area contributed by atoms with Gasteiger partial charge in [-0.2, -0.15) is 5.10 Å². The van der Waals surface area contributed by atoms with Crippen LogP contribution >= 0.6 is 11.6 Å². The van der Waals surface area contributed by atoms with Crippen molar-refractivity contribution < 1.29 is 19.1 Å². The smallest absolute Gasteiger partial charge is 0.338 e. The van der Waals surface area contributed by atoms with Crippen molar-refractivity contribution in [3.63, 3.8) is 0 Å². The van der Waals surface area contributed by atoms with Gasteiger partial charge < -0.3 is 14.8 Å². The van der Waals surface area contributed by atoms with Crippen molar-refractivity contribution in [1.82, 2.24) is 15.1 Å². The third kappa shape index (κ3) is 4.84. The van der Waals surface area contributed by atoms with Gasteiger partial charge in [0.05, 0.1) is 29.1 Å². The minimum Gasteiger partial charge on any atom is -0.462 e. The molecule has 1 spiro atoms. The zero-order chi connectivity index (χ0) is 22.7. The summed E-state index contributed by atoms with van der Waals surface area (Å²) >= 11 is 5.88. The molecule has 0 aliphatic carbocycles. The van der Waals surface area contributed by atoms with Crippen LogP contribution in [0, 0.1) is 11.3 Å². The van der Waals surface area contributed by atoms with Crippen molar-refractivity contribution in [2.24, 2.45) is 11.3 Å². The lowest BCUT2D eigenvalue weighted by molar-refractivity contribution is 0.0151. The van der Waals surface area contributed by atoms with Crippen LogP contribution in [0.15, 0.2) is 24.3 Å². The maximum absolute atomic E-state index is 12.9. The third-order valence-electron chi connectivity index (χ3n) is 6.48. The van der Waals surface area contributed by atoms with E-state index in [0.29, 0.717) is 30.1 Å². The number of nitrogens with zero attached hydrogens (tertiary/aromatic N) is 2. The van der Waals surface area contributed by atoms with Gasteiger partial charge in [-0.05, 0) is 55.4 Å². The van der Waals surface area contributed by atoms with Gasteiger partial charge in [0.25, 0.3) is 5.91 Å².